The lowest BCUT2D eigenvalue weighted by molar-refractivity contribution is 1.07. The van der Waals surface area contributed by atoms with Gasteiger partial charge in [0.25, 0.3) is 0 Å². The van der Waals surface area contributed by atoms with Crippen LogP contribution in [0.2, 0.25) is 0 Å². The van der Waals surface area contributed by atoms with Crippen molar-refractivity contribution in [1.29, 1.82) is 0 Å². The van der Waals surface area contributed by atoms with E-state index in [2.05, 4.69) is 168 Å². The Labute approximate surface area is 337 Å². The van der Waals surface area contributed by atoms with Gasteiger partial charge in [-0.2, -0.15) is 0 Å². The van der Waals surface area contributed by atoms with E-state index in [4.69, 9.17) is 15.0 Å². The van der Waals surface area contributed by atoms with Gasteiger partial charge in [-0.1, -0.05) is 121 Å². The molecule has 0 N–H and O–H groups in total. The third kappa shape index (κ3) is 4.59. The Morgan fingerprint density at radius 1 is 0.345 bits per heavy atom. The largest absolute Gasteiger partial charge is 0.309 e. The van der Waals surface area contributed by atoms with E-state index in [1.165, 1.54) is 80.4 Å². The van der Waals surface area contributed by atoms with E-state index < -0.39 is 0 Å². The van der Waals surface area contributed by atoms with E-state index in [0.29, 0.717) is 17.5 Å². The Bertz CT molecular complexity index is 3670. The van der Waals surface area contributed by atoms with Gasteiger partial charge in [-0.25, -0.2) is 15.0 Å². The molecule has 268 valence electrons. The predicted molar refractivity (Wildman–Crippen MR) is 243 cm³/mol. The summed E-state index contributed by atoms with van der Waals surface area (Å²) in [6, 6.07) is 65.5. The molecule has 0 spiro atoms. The molecule has 0 radical (unpaired) electrons. The number of benzene rings is 9. The summed E-state index contributed by atoms with van der Waals surface area (Å²) in [5.74, 6) is 1.94. The molecule has 0 saturated heterocycles. The van der Waals surface area contributed by atoms with E-state index >= 15 is 0 Å². The van der Waals surface area contributed by atoms with Crippen LogP contribution in [-0.2, 0) is 0 Å². The summed E-state index contributed by atoms with van der Waals surface area (Å²) in [5.41, 5.74) is 11.5. The molecule has 0 fully saturated rings. The molecule has 4 nitrogen and oxygen atoms in total. The molecule has 58 heavy (non-hydrogen) atoms. The third-order valence-electron chi connectivity index (χ3n) is 12.0. The van der Waals surface area contributed by atoms with Gasteiger partial charge in [-0.3, -0.25) is 0 Å². The van der Waals surface area contributed by atoms with Gasteiger partial charge in [0.1, 0.15) is 0 Å². The van der Waals surface area contributed by atoms with Gasteiger partial charge in [0, 0.05) is 53.3 Å². The number of hydrogen-bond acceptors (Lipinski definition) is 4. The van der Waals surface area contributed by atoms with Crippen LogP contribution in [0.4, 0.5) is 0 Å². The Morgan fingerprint density at radius 3 is 1.81 bits per heavy atom. The standard InChI is InChI=1S/C53H30N4S/c1-2-11-33(12-3-1)51-54-52(56-53(55-51)36-21-20-31-10-4-5-13-35(31)28-36)34-22-25-37(26-23-34)57-44-18-9-17-40-42-30-47-43(38-15-6-7-19-46(38)58-47)29-41(42)39-16-8-14-32-24-27-45(57)50(48(32)39)49(40)44/h1-30H. The SMILES string of the molecule is c1ccc(-c2nc(-c3ccc(-n4c5cccc6c5c5c7c(cccc7ccc54)-c4cc5c(cc4-6)sc4ccccc45)cc3)nc(-c3ccc4ccccc4c3)n2)cc1. The van der Waals surface area contributed by atoms with Crippen molar-refractivity contribution in [2.75, 3.05) is 0 Å². The molecule has 5 heteroatoms. The highest BCUT2D eigenvalue weighted by Gasteiger charge is 2.26. The number of aromatic nitrogens is 4. The summed E-state index contributed by atoms with van der Waals surface area (Å²) in [7, 11) is 0. The minimum atomic E-state index is 0.641. The number of hydrogen-bond donors (Lipinski definition) is 0. The van der Waals surface area contributed by atoms with E-state index in [9.17, 15) is 0 Å². The number of fused-ring (bicyclic) bond motifs is 7. The van der Waals surface area contributed by atoms with Gasteiger partial charge in [0.05, 0.1) is 11.0 Å². The summed E-state index contributed by atoms with van der Waals surface area (Å²) in [6.07, 6.45) is 0. The van der Waals surface area contributed by atoms with Crippen molar-refractivity contribution in [1.82, 2.24) is 19.5 Å². The molecule has 0 aliphatic heterocycles. The lowest BCUT2D eigenvalue weighted by Crippen LogP contribution is -2.00. The Kier molecular flexibility index (Phi) is 6.57. The highest BCUT2D eigenvalue weighted by atomic mass is 32.1. The smallest absolute Gasteiger partial charge is 0.164 e. The van der Waals surface area contributed by atoms with Gasteiger partial charge in [-0.15, -0.1) is 11.3 Å². The Balaban J connectivity index is 1.00. The molecule has 13 rings (SSSR count). The summed E-state index contributed by atoms with van der Waals surface area (Å²) in [4.78, 5) is 15.1. The first-order valence-corrected chi connectivity index (χ1v) is 20.4. The minimum absolute atomic E-state index is 0.641. The average molecular weight is 755 g/mol. The normalized spacial score (nSPS) is 12.1. The summed E-state index contributed by atoms with van der Waals surface area (Å²) >= 11 is 1.88. The lowest BCUT2D eigenvalue weighted by atomic mass is 9.92. The van der Waals surface area contributed by atoms with Crippen LogP contribution in [0.3, 0.4) is 0 Å². The minimum Gasteiger partial charge on any atom is -0.309 e. The molecule has 0 bridgehead atoms. The van der Waals surface area contributed by atoms with E-state index in [1.54, 1.807) is 0 Å². The van der Waals surface area contributed by atoms with E-state index in [0.717, 1.165) is 27.8 Å². The van der Waals surface area contributed by atoms with Crippen LogP contribution < -0.4 is 0 Å². The molecular formula is C53H30N4S. The monoisotopic (exact) mass is 754 g/mol. The number of thiophene rings is 1. The van der Waals surface area contributed by atoms with Crippen molar-refractivity contribution < 1.29 is 0 Å². The fourth-order valence-electron chi connectivity index (χ4n) is 9.31. The second kappa shape index (κ2) is 12.0. The zero-order valence-electron chi connectivity index (χ0n) is 31.0. The summed E-state index contributed by atoms with van der Waals surface area (Å²) in [6.45, 7) is 0. The van der Waals surface area contributed by atoms with Crippen LogP contribution in [0.1, 0.15) is 0 Å². The van der Waals surface area contributed by atoms with Crippen molar-refractivity contribution in [3.8, 4) is 62.1 Å². The molecule has 1 aliphatic rings. The molecule has 12 aromatic rings. The lowest BCUT2D eigenvalue weighted by Gasteiger charge is -2.14. The maximum atomic E-state index is 5.09. The fourth-order valence-corrected chi connectivity index (χ4v) is 10.4. The number of nitrogens with zero attached hydrogens (tertiary/aromatic N) is 4. The summed E-state index contributed by atoms with van der Waals surface area (Å²) in [5, 5.41) is 10.1. The van der Waals surface area contributed by atoms with Crippen LogP contribution in [0.5, 0.6) is 0 Å². The molecule has 3 aromatic heterocycles. The summed E-state index contributed by atoms with van der Waals surface area (Å²) < 4.78 is 5.07. The Hall–Kier alpha value is -7.47. The predicted octanol–water partition coefficient (Wildman–Crippen LogP) is 14.3. The van der Waals surface area contributed by atoms with Crippen LogP contribution >= 0.6 is 11.3 Å². The van der Waals surface area contributed by atoms with Crippen LogP contribution in [-0.4, -0.2) is 19.5 Å². The zero-order chi connectivity index (χ0) is 37.9. The molecule has 9 aromatic carbocycles. The molecular weight excluding hydrogens is 725 g/mol. The highest BCUT2D eigenvalue weighted by Crippen LogP contribution is 2.51. The van der Waals surface area contributed by atoms with Crippen molar-refractivity contribution >= 4 is 74.9 Å². The van der Waals surface area contributed by atoms with E-state index in [1.807, 2.05) is 29.5 Å². The molecule has 1 aliphatic carbocycles. The molecule has 0 amide bonds. The van der Waals surface area contributed by atoms with E-state index in [-0.39, 0.29) is 0 Å². The van der Waals surface area contributed by atoms with Gasteiger partial charge in [0.2, 0.25) is 0 Å². The fraction of sp³-hybridized carbons (Fsp3) is 0. The van der Waals surface area contributed by atoms with Gasteiger partial charge < -0.3 is 4.57 Å². The first-order valence-electron chi connectivity index (χ1n) is 19.6. The second-order valence-electron chi connectivity index (χ2n) is 15.2. The quantitative estimate of drug-likeness (QED) is 0.180. The maximum absolute atomic E-state index is 5.09. The molecule has 0 unspecified atom stereocenters. The van der Waals surface area contributed by atoms with Crippen molar-refractivity contribution in [2.24, 2.45) is 0 Å². The highest BCUT2D eigenvalue weighted by molar-refractivity contribution is 7.25. The van der Waals surface area contributed by atoms with Gasteiger partial charge in [-0.05, 0) is 104 Å². The molecule has 0 saturated carbocycles. The van der Waals surface area contributed by atoms with Crippen LogP contribution in [0.15, 0.2) is 182 Å². The second-order valence-corrected chi connectivity index (χ2v) is 16.3. The van der Waals surface area contributed by atoms with Crippen LogP contribution in [0.25, 0.3) is 126 Å². The number of rotatable bonds is 4. The molecule has 0 atom stereocenters. The first-order chi connectivity index (χ1) is 28.7. The first kappa shape index (κ1) is 31.7. The van der Waals surface area contributed by atoms with Crippen molar-refractivity contribution in [3.63, 3.8) is 0 Å². The van der Waals surface area contributed by atoms with Crippen molar-refractivity contribution in [2.45, 2.75) is 0 Å². The van der Waals surface area contributed by atoms with Crippen LogP contribution in [0, 0.1) is 0 Å². The molecule has 3 heterocycles. The van der Waals surface area contributed by atoms with Gasteiger partial charge in [0.15, 0.2) is 17.5 Å². The van der Waals surface area contributed by atoms with Gasteiger partial charge >= 0.3 is 0 Å². The average Bonchev–Trinajstić information content (AvgIpc) is 3.80. The maximum Gasteiger partial charge on any atom is 0.164 e. The topological polar surface area (TPSA) is 43.6 Å². The third-order valence-corrected chi connectivity index (χ3v) is 13.1. The van der Waals surface area contributed by atoms with Crippen molar-refractivity contribution in [3.05, 3.63) is 182 Å². The zero-order valence-corrected chi connectivity index (χ0v) is 31.8. The Morgan fingerprint density at radius 2 is 0.966 bits per heavy atom.